The molecule has 1 aliphatic rings. The van der Waals surface area contributed by atoms with Gasteiger partial charge in [0.15, 0.2) is 0 Å². The van der Waals surface area contributed by atoms with E-state index in [4.69, 9.17) is 4.74 Å². The Morgan fingerprint density at radius 2 is 1.65 bits per heavy atom. The molecule has 3 nitrogen and oxygen atoms in total. The van der Waals surface area contributed by atoms with Gasteiger partial charge in [-0.1, -0.05) is 66.7 Å². The highest BCUT2D eigenvalue weighted by Gasteiger charge is 2.28. The molecule has 4 heteroatoms. The Labute approximate surface area is 188 Å². The lowest BCUT2D eigenvalue weighted by Gasteiger charge is -2.32. The summed E-state index contributed by atoms with van der Waals surface area (Å²) >= 11 is 1.84. The average molecular weight is 429 g/mol. The van der Waals surface area contributed by atoms with Crippen molar-refractivity contribution >= 4 is 21.4 Å². The fourth-order valence-electron chi connectivity index (χ4n) is 4.47. The van der Waals surface area contributed by atoms with Gasteiger partial charge in [0.25, 0.3) is 0 Å². The average Bonchev–Trinajstić information content (AvgIpc) is 3.06. The lowest BCUT2D eigenvalue weighted by atomic mass is 9.95. The molecule has 0 aliphatic carbocycles. The maximum absolute atomic E-state index is 6.40. The van der Waals surface area contributed by atoms with Gasteiger partial charge in [-0.3, -0.25) is 4.90 Å². The van der Waals surface area contributed by atoms with Crippen LogP contribution in [0.1, 0.15) is 29.2 Å². The molecule has 0 spiro atoms. The molecule has 0 saturated carbocycles. The minimum absolute atomic E-state index is 0.183. The van der Waals surface area contributed by atoms with E-state index in [1.807, 2.05) is 17.4 Å². The molecule has 1 fully saturated rings. The molecule has 1 aliphatic heterocycles. The van der Waals surface area contributed by atoms with Crippen molar-refractivity contribution in [3.63, 3.8) is 0 Å². The number of nitrogens with one attached hydrogen (secondary N) is 1. The molecule has 1 saturated heterocycles. The fraction of sp³-hybridized carbons (Fsp3) is 0.259. The van der Waals surface area contributed by atoms with Crippen LogP contribution in [0.2, 0.25) is 0 Å². The molecule has 0 amide bonds. The fourth-order valence-corrected chi connectivity index (χ4v) is 5.45. The number of rotatable bonds is 6. The van der Waals surface area contributed by atoms with Crippen molar-refractivity contribution in [1.82, 2.24) is 10.2 Å². The second-order valence-electron chi connectivity index (χ2n) is 8.04. The van der Waals surface area contributed by atoms with Gasteiger partial charge >= 0.3 is 0 Å². The van der Waals surface area contributed by atoms with Crippen molar-refractivity contribution in [3.8, 4) is 5.75 Å². The van der Waals surface area contributed by atoms with Gasteiger partial charge in [-0.2, -0.15) is 0 Å². The van der Waals surface area contributed by atoms with Crippen LogP contribution in [0.5, 0.6) is 5.75 Å². The van der Waals surface area contributed by atoms with Gasteiger partial charge < -0.3 is 10.1 Å². The maximum Gasteiger partial charge on any atom is 0.124 e. The van der Waals surface area contributed by atoms with Gasteiger partial charge in [-0.15, -0.1) is 11.3 Å². The predicted octanol–water partition coefficient (Wildman–Crippen LogP) is 5.87. The Hall–Kier alpha value is -2.66. The SMILES string of the molecule is c1ccc(COc2ccccc2C(c2csc3ccccc23)N2CCCNCC2)cc1. The summed E-state index contributed by atoms with van der Waals surface area (Å²) in [6.07, 6.45) is 1.16. The van der Waals surface area contributed by atoms with Gasteiger partial charge in [0.1, 0.15) is 12.4 Å². The van der Waals surface area contributed by atoms with Crippen LogP contribution in [0.15, 0.2) is 84.2 Å². The number of ether oxygens (including phenoxy) is 1. The molecule has 5 rings (SSSR count). The minimum atomic E-state index is 0.183. The molecule has 1 aromatic heterocycles. The van der Waals surface area contributed by atoms with E-state index in [1.54, 1.807) is 0 Å². The van der Waals surface area contributed by atoms with E-state index in [0.29, 0.717) is 6.61 Å². The molecular weight excluding hydrogens is 400 g/mol. The van der Waals surface area contributed by atoms with Gasteiger partial charge in [0.2, 0.25) is 0 Å². The molecule has 3 aromatic carbocycles. The van der Waals surface area contributed by atoms with E-state index in [-0.39, 0.29) is 6.04 Å². The van der Waals surface area contributed by atoms with Crippen LogP contribution in [0.25, 0.3) is 10.1 Å². The molecule has 4 aromatic rings. The lowest BCUT2D eigenvalue weighted by Crippen LogP contribution is -2.33. The summed E-state index contributed by atoms with van der Waals surface area (Å²) in [6.45, 7) is 4.79. The summed E-state index contributed by atoms with van der Waals surface area (Å²) in [5, 5.41) is 7.26. The van der Waals surface area contributed by atoms with Crippen molar-refractivity contribution < 1.29 is 4.74 Å². The zero-order valence-electron chi connectivity index (χ0n) is 17.7. The smallest absolute Gasteiger partial charge is 0.124 e. The van der Waals surface area contributed by atoms with Crippen molar-refractivity contribution in [2.45, 2.75) is 19.1 Å². The van der Waals surface area contributed by atoms with Crippen LogP contribution in [-0.2, 0) is 6.61 Å². The first kappa shape index (κ1) is 20.3. The molecule has 0 radical (unpaired) electrons. The second kappa shape index (κ2) is 9.65. The zero-order valence-corrected chi connectivity index (χ0v) is 18.5. The van der Waals surface area contributed by atoms with Crippen LogP contribution < -0.4 is 10.1 Å². The van der Waals surface area contributed by atoms with Gasteiger partial charge in [-0.25, -0.2) is 0 Å². The molecule has 31 heavy (non-hydrogen) atoms. The van der Waals surface area contributed by atoms with Crippen molar-refractivity contribution in [1.29, 1.82) is 0 Å². The van der Waals surface area contributed by atoms with Crippen LogP contribution in [0, 0.1) is 0 Å². The minimum Gasteiger partial charge on any atom is -0.489 e. The summed E-state index contributed by atoms with van der Waals surface area (Å²) in [5.74, 6) is 0.976. The van der Waals surface area contributed by atoms with Crippen LogP contribution >= 0.6 is 11.3 Å². The summed E-state index contributed by atoms with van der Waals surface area (Å²) in [5.41, 5.74) is 3.83. The van der Waals surface area contributed by atoms with Crippen molar-refractivity contribution in [2.75, 3.05) is 26.2 Å². The predicted molar refractivity (Wildman–Crippen MR) is 130 cm³/mol. The number of thiophene rings is 1. The largest absolute Gasteiger partial charge is 0.489 e. The Kier molecular flexibility index (Phi) is 6.30. The highest BCUT2D eigenvalue weighted by molar-refractivity contribution is 7.17. The monoisotopic (exact) mass is 428 g/mol. The molecule has 158 valence electrons. The Morgan fingerprint density at radius 3 is 2.58 bits per heavy atom. The van der Waals surface area contributed by atoms with E-state index in [2.05, 4.69) is 88.4 Å². The third kappa shape index (κ3) is 4.52. The van der Waals surface area contributed by atoms with Gasteiger partial charge in [0, 0.05) is 29.9 Å². The normalized spacial score (nSPS) is 16.1. The summed E-state index contributed by atoms with van der Waals surface area (Å²) < 4.78 is 7.74. The number of hydrogen-bond donors (Lipinski definition) is 1. The molecule has 1 unspecified atom stereocenters. The first-order valence-electron chi connectivity index (χ1n) is 11.1. The standard InChI is InChI=1S/C27H28N2OS/c1-2-9-21(10-3-1)19-30-25-13-6-4-12-23(25)27(29-17-8-15-28-16-18-29)24-20-31-26-14-7-5-11-22(24)26/h1-7,9-14,20,27-28H,8,15-19H2. The van der Waals surface area contributed by atoms with E-state index < -0.39 is 0 Å². The van der Waals surface area contributed by atoms with Crippen molar-refractivity contribution in [3.05, 3.63) is 101 Å². The van der Waals surface area contributed by atoms with Gasteiger partial charge in [0.05, 0.1) is 6.04 Å². The highest BCUT2D eigenvalue weighted by atomic mass is 32.1. The lowest BCUT2D eigenvalue weighted by molar-refractivity contribution is 0.231. The van der Waals surface area contributed by atoms with Gasteiger partial charge in [-0.05, 0) is 47.0 Å². The van der Waals surface area contributed by atoms with E-state index in [0.717, 1.165) is 38.3 Å². The third-order valence-electron chi connectivity index (χ3n) is 6.00. The van der Waals surface area contributed by atoms with Crippen LogP contribution in [-0.4, -0.2) is 31.1 Å². The summed E-state index contributed by atoms with van der Waals surface area (Å²) in [4.78, 5) is 2.62. The number of fused-ring (bicyclic) bond motifs is 1. The number of nitrogens with zero attached hydrogens (tertiary/aromatic N) is 1. The molecular formula is C27H28N2OS. The quantitative estimate of drug-likeness (QED) is 0.416. The molecule has 1 atom stereocenters. The molecule has 0 bridgehead atoms. The van der Waals surface area contributed by atoms with E-state index >= 15 is 0 Å². The first-order valence-corrected chi connectivity index (χ1v) is 11.9. The topological polar surface area (TPSA) is 24.5 Å². The maximum atomic E-state index is 6.40. The Balaban J connectivity index is 1.55. The number of hydrogen-bond acceptors (Lipinski definition) is 4. The Morgan fingerprint density at radius 1 is 0.839 bits per heavy atom. The van der Waals surface area contributed by atoms with E-state index in [9.17, 15) is 0 Å². The second-order valence-corrected chi connectivity index (χ2v) is 8.95. The van der Waals surface area contributed by atoms with E-state index in [1.165, 1.54) is 26.8 Å². The summed E-state index contributed by atoms with van der Waals surface area (Å²) in [6, 6.07) is 27.9. The summed E-state index contributed by atoms with van der Waals surface area (Å²) in [7, 11) is 0. The van der Waals surface area contributed by atoms with Crippen LogP contribution in [0.3, 0.4) is 0 Å². The highest BCUT2D eigenvalue weighted by Crippen LogP contribution is 2.40. The molecule has 1 N–H and O–H groups in total. The molecule has 2 heterocycles. The zero-order chi connectivity index (χ0) is 20.9. The Bertz CT molecular complexity index is 1120. The van der Waals surface area contributed by atoms with Crippen LogP contribution in [0.4, 0.5) is 0 Å². The van der Waals surface area contributed by atoms with Crippen molar-refractivity contribution in [2.24, 2.45) is 0 Å². The number of benzene rings is 3. The number of para-hydroxylation sites is 1. The third-order valence-corrected chi connectivity index (χ3v) is 6.98. The first-order chi connectivity index (χ1) is 15.4.